The first kappa shape index (κ1) is 11.4. The zero-order chi connectivity index (χ0) is 9.40. The molecule has 0 saturated carbocycles. The van der Waals surface area contributed by atoms with Gasteiger partial charge in [-0.25, -0.2) is 0 Å². The molecule has 0 rings (SSSR count). The average Bonchev–Trinajstić information content (AvgIpc) is 2.03. The molecular formula is C7H13NO3S. The van der Waals surface area contributed by atoms with E-state index in [9.17, 15) is 9.59 Å². The molecule has 4 nitrogen and oxygen atoms in total. The van der Waals surface area contributed by atoms with Crippen molar-refractivity contribution < 1.29 is 14.7 Å². The summed E-state index contributed by atoms with van der Waals surface area (Å²) in [7, 11) is 0. The summed E-state index contributed by atoms with van der Waals surface area (Å²) in [5.74, 6) is 0.772. The maximum Gasteiger partial charge on any atom is 0.216 e. The Morgan fingerprint density at radius 2 is 2.17 bits per heavy atom. The number of aliphatic hydroxyl groups is 1. The quantitative estimate of drug-likeness (QED) is 0.551. The number of amides is 1. The zero-order valence-electron chi connectivity index (χ0n) is 7.00. The molecule has 0 saturated heterocycles. The SMILES string of the molecule is CC(=O)NCCSCC(=O)CO. The molecule has 0 bridgehead atoms. The summed E-state index contributed by atoms with van der Waals surface area (Å²) >= 11 is 1.40. The lowest BCUT2D eigenvalue weighted by Gasteiger charge is -2.00. The monoisotopic (exact) mass is 191 g/mol. The molecule has 0 unspecified atom stereocenters. The fraction of sp³-hybridized carbons (Fsp3) is 0.714. The van der Waals surface area contributed by atoms with E-state index < -0.39 is 6.61 Å². The molecule has 0 aromatic heterocycles. The lowest BCUT2D eigenvalue weighted by Crippen LogP contribution is -2.22. The predicted molar refractivity (Wildman–Crippen MR) is 48.1 cm³/mol. The first-order chi connectivity index (χ1) is 5.66. The van der Waals surface area contributed by atoms with E-state index in [0.29, 0.717) is 18.1 Å². The summed E-state index contributed by atoms with van der Waals surface area (Å²) in [6.45, 7) is 1.62. The predicted octanol–water partition coefficient (Wildman–Crippen LogP) is -0.583. The molecule has 0 aliphatic carbocycles. The molecule has 0 heterocycles. The molecule has 0 aliphatic heterocycles. The van der Waals surface area contributed by atoms with Crippen molar-refractivity contribution >= 4 is 23.5 Å². The fourth-order valence-electron chi connectivity index (χ4n) is 0.531. The van der Waals surface area contributed by atoms with Crippen LogP contribution in [-0.2, 0) is 9.59 Å². The number of ketones is 1. The molecule has 0 aromatic carbocycles. The van der Waals surface area contributed by atoms with Crippen LogP contribution in [0.4, 0.5) is 0 Å². The maximum atomic E-state index is 10.6. The Hall–Kier alpha value is -0.550. The normalized spacial score (nSPS) is 9.50. The largest absolute Gasteiger partial charge is 0.389 e. The van der Waals surface area contributed by atoms with Crippen molar-refractivity contribution in [3.63, 3.8) is 0 Å². The number of rotatable bonds is 6. The fourth-order valence-corrected chi connectivity index (χ4v) is 1.24. The van der Waals surface area contributed by atoms with E-state index in [-0.39, 0.29) is 11.7 Å². The summed E-state index contributed by atoms with van der Waals surface area (Å²) in [5, 5.41) is 11.0. The third kappa shape index (κ3) is 7.56. The molecule has 0 aliphatic rings. The molecule has 1 amide bonds. The van der Waals surface area contributed by atoms with Gasteiger partial charge in [0.25, 0.3) is 0 Å². The Kier molecular flexibility index (Phi) is 6.79. The number of carbonyl (C=O) groups is 2. The van der Waals surface area contributed by atoms with Gasteiger partial charge in [0.05, 0.1) is 5.75 Å². The van der Waals surface area contributed by atoms with Gasteiger partial charge in [0, 0.05) is 19.2 Å². The summed E-state index contributed by atoms with van der Waals surface area (Å²) < 4.78 is 0. The number of nitrogens with one attached hydrogen (secondary N) is 1. The van der Waals surface area contributed by atoms with E-state index in [4.69, 9.17) is 5.11 Å². The zero-order valence-corrected chi connectivity index (χ0v) is 7.82. The Balaban J connectivity index is 3.11. The number of thioether (sulfide) groups is 1. The van der Waals surface area contributed by atoms with Gasteiger partial charge >= 0.3 is 0 Å². The number of aliphatic hydroxyl groups excluding tert-OH is 1. The van der Waals surface area contributed by atoms with Crippen molar-refractivity contribution in [2.75, 3.05) is 24.7 Å². The van der Waals surface area contributed by atoms with E-state index in [1.165, 1.54) is 18.7 Å². The van der Waals surface area contributed by atoms with Gasteiger partial charge in [0.1, 0.15) is 6.61 Å². The molecular weight excluding hydrogens is 178 g/mol. The molecule has 0 radical (unpaired) electrons. The summed E-state index contributed by atoms with van der Waals surface area (Å²) in [6, 6.07) is 0. The third-order valence-electron chi connectivity index (χ3n) is 1.06. The van der Waals surface area contributed by atoms with Crippen molar-refractivity contribution in [3.8, 4) is 0 Å². The summed E-state index contributed by atoms with van der Waals surface area (Å²) in [5.41, 5.74) is 0. The van der Waals surface area contributed by atoms with Crippen molar-refractivity contribution in [2.45, 2.75) is 6.92 Å². The summed E-state index contributed by atoms with van der Waals surface area (Å²) in [4.78, 5) is 20.9. The van der Waals surface area contributed by atoms with Gasteiger partial charge in [-0.1, -0.05) is 0 Å². The second-order valence-electron chi connectivity index (χ2n) is 2.23. The smallest absolute Gasteiger partial charge is 0.216 e. The van der Waals surface area contributed by atoms with Gasteiger partial charge in [0.15, 0.2) is 5.78 Å². The Morgan fingerprint density at radius 3 is 2.67 bits per heavy atom. The number of carbonyl (C=O) groups excluding carboxylic acids is 2. The molecule has 0 aromatic rings. The minimum absolute atomic E-state index is 0.0657. The van der Waals surface area contributed by atoms with Gasteiger partial charge in [0.2, 0.25) is 5.91 Å². The van der Waals surface area contributed by atoms with Crippen LogP contribution in [0.3, 0.4) is 0 Å². The third-order valence-corrected chi connectivity index (χ3v) is 2.08. The van der Waals surface area contributed by atoms with Crippen LogP contribution in [0.15, 0.2) is 0 Å². The topological polar surface area (TPSA) is 66.4 Å². The second-order valence-corrected chi connectivity index (χ2v) is 3.34. The first-order valence-corrected chi connectivity index (χ1v) is 4.77. The van der Waals surface area contributed by atoms with Gasteiger partial charge in [-0.3, -0.25) is 9.59 Å². The van der Waals surface area contributed by atoms with E-state index in [1.54, 1.807) is 0 Å². The molecule has 0 fully saturated rings. The molecule has 0 atom stereocenters. The average molecular weight is 191 g/mol. The van der Waals surface area contributed by atoms with Crippen molar-refractivity contribution in [2.24, 2.45) is 0 Å². The molecule has 12 heavy (non-hydrogen) atoms. The highest BCUT2D eigenvalue weighted by Gasteiger charge is 1.98. The van der Waals surface area contributed by atoms with Gasteiger partial charge in [-0.05, 0) is 0 Å². The Bertz CT molecular complexity index is 161. The highest BCUT2D eigenvalue weighted by molar-refractivity contribution is 7.99. The van der Waals surface area contributed by atoms with Crippen LogP contribution in [0.1, 0.15) is 6.92 Å². The van der Waals surface area contributed by atoms with Crippen LogP contribution in [0.5, 0.6) is 0 Å². The van der Waals surface area contributed by atoms with E-state index in [2.05, 4.69) is 5.32 Å². The van der Waals surface area contributed by atoms with Gasteiger partial charge in [-0.2, -0.15) is 11.8 Å². The Morgan fingerprint density at radius 1 is 1.50 bits per heavy atom. The highest BCUT2D eigenvalue weighted by Crippen LogP contribution is 1.97. The van der Waals surface area contributed by atoms with E-state index in [0.717, 1.165) is 0 Å². The molecule has 0 spiro atoms. The van der Waals surface area contributed by atoms with Crippen LogP contribution in [0.25, 0.3) is 0 Å². The first-order valence-electron chi connectivity index (χ1n) is 3.61. The van der Waals surface area contributed by atoms with Gasteiger partial charge < -0.3 is 10.4 Å². The van der Waals surface area contributed by atoms with Crippen LogP contribution in [-0.4, -0.2) is 41.5 Å². The molecule has 5 heteroatoms. The van der Waals surface area contributed by atoms with Crippen LogP contribution in [0, 0.1) is 0 Å². The number of hydrogen-bond donors (Lipinski definition) is 2. The molecule has 70 valence electrons. The lowest BCUT2D eigenvalue weighted by molar-refractivity contribution is -0.119. The number of Topliss-reactive ketones (excluding diaryl/α,β-unsaturated/α-hetero) is 1. The van der Waals surface area contributed by atoms with Crippen molar-refractivity contribution in [3.05, 3.63) is 0 Å². The summed E-state index contributed by atoms with van der Waals surface area (Å²) in [6.07, 6.45) is 0. The minimum atomic E-state index is -0.396. The minimum Gasteiger partial charge on any atom is -0.389 e. The standard InChI is InChI=1S/C7H13NO3S/c1-6(10)8-2-3-12-5-7(11)4-9/h9H,2-5H2,1H3,(H,8,10). The number of hydrogen-bond acceptors (Lipinski definition) is 4. The maximum absolute atomic E-state index is 10.6. The van der Waals surface area contributed by atoms with Crippen LogP contribution >= 0.6 is 11.8 Å². The lowest BCUT2D eigenvalue weighted by atomic mass is 10.5. The van der Waals surface area contributed by atoms with Crippen LogP contribution < -0.4 is 5.32 Å². The van der Waals surface area contributed by atoms with Gasteiger partial charge in [-0.15, -0.1) is 0 Å². The van der Waals surface area contributed by atoms with E-state index >= 15 is 0 Å². The van der Waals surface area contributed by atoms with Crippen LogP contribution in [0.2, 0.25) is 0 Å². The van der Waals surface area contributed by atoms with Crippen molar-refractivity contribution in [1.82, 2.24) is 5.32 Å². The Labute approximate surface area is 75.7 Å². The van der Waals surface area contributed by atoms with E-state index in [1.807, 2.05) is 0 Å². The molecule has 2 N–H and O–H groups in total. The van der Waals surface area contributed by atoms with Crippen molar-refractivity contribution in [1.29, 1.82) is 0 Å². The second kappa shape index (κ2) is 7.12. The highest BCUT2D eigenvalue weighted by atomic mass is 32.2.